The topological polar surface area (TPSA) is 87.7 Å². The lowest BCUT2D eigenvalue weighted by atomic mass is 9.86. The van der Waals surface area contributed by atoms with Crippen LogP contribution in [-0.2, 0) is 9.53 Å². The molecule has 2 amide bonds. The van der Waals surface area contributed by atoms with E-state index in [0.29, 0.717) is 26.0 Å². The number of carboxylic acid groups (broad SMARTS) is 1. The maximum Gasteiger partial charge on any atom is 0.315 e. The van der Waals surface area contributed by atoms with Gasteiger partial charge in [0.1, 0.15) is 0 Å². The number of carboxylic acids is 1. The third-order valence-electron chi connectivity index (χ3n) is 5.28. The van der Waals surface area contributed by atoms with Crippen molar-refractivity contribution in [2.24, 2.45) is 11.8 Å². The van der Waals surface area contributed by atoms with E-state index >= 15 is 0 Å². The van der Waals surface area contributed by atoms with Gasteiger partial charge in [-0.05, 0) is 37.7 Å². The first-order valence-electron chi connectivity index (χ1n) is 9.07. The van der Waals surface area contributed by atoms with Crippen molar-refractivity contribution in [2.75, 3.05) is 13.2 Å². The Morgan fingerprint density at radius 2 is 1.80 bits per heavy atom. The highest BCUT2D eigenvalue weighted by molar-refractivity contribution is 5.74. The second kappa shape index (κ2) is 8.34. The van der Waals surface area contributed by atoms with Crippen LogP contribution in [0, 0.1) is 11.8 Å². The largest absolute Gasteiger partial charge is 0.481 e. The van der Waals surface area contributed by atoms with Gasteiger partial charge in [-0.2, -0.15) is 0 Å². The molecule has 0 spiro atoms. The molecule has 0 aromatic heterocycles. The normalized spacial score (nSPS) is 29.1. The summed E-state index contributed by atoms with van der Waals surface area (Å²) in [4.78, 5) is 23.1. The fourth-order valence-corrected chi connectivity index (χ4v) is 3.80. The minimum absolute atomic E-state index is 0.0347. The van der Waals surface area contributed by atoms with Crippen molar-refractivity contribution < 1.29 is 19.4 Å². The van der Waals surface area contributed by atoms with Crippen LogP contribution in [-0.4, -0.2) is 36.3 Å². The van der Waals surface area contributed by atoms with Crippen LogP contribution in [0.3, 0.4) is 0 Å². The molecule has 1 saturated heterocycles. The van der Waals surface area contributed by atoms with Crippen molar-refractivity contribution in [3.05, 3.63) is 35.9 Å². The van der Waals surface area contributed by atoms with Crippen LogP contribution in [0.2, 0.25) is 0 Å². The van der Waals surface area contributed by atoms with Gasteiger partial charge in [-0.15, -0.1) is 0 Å². The van der Waals surface area contributed by atoms with Crippen LogP contribution in [0.1, 0.15) is 43.8 Å². The van der Waals surface area contributed by atoms with Crippen molar-refractivity contribution in [1.82, 2.24) is 10.6 Å². The van der Waals surface area contributed by atoms with Crippen LogP contribution < -0.4 is 10.6 Å². The molecule has 1 aliphatic carbocycles. The number of carbonyl (C=O) groups is 2. The van der Waals surface area contributed by atoms with E-state index in [9.17, 15) is 9.59 Å². The van der Waals surface area contributed by atoms with E-state index in [0.717, 1.165) is 24.8 Å². The SMILES string of the molecule is O=C(NC[C@@H]1CCO[C@H]1c1ccccc1)NC1CCC(C(=O)O)CC1. The number of nitrogens with one attached hydrogen (secondary N) is 2. The second-order valence-corrected chi connectivity index (χ2v) is 6.99. The molecule has 0 bridgehead atoms. The maximum atomic E-state index is 12.1. The van der Waals surface area contributed by atoms with Crippen LogP contribution in [0.4, 0.5) is 4.79 Å². The zero-order valence-electron chi connectivity index (χ0n) is 14.3. The summed E-state index contributed by atoms with van der Waals surface area (Å²) in [6.45, 7) is 1.29. The van der Waals surface area contributed by atoms with E-state index in [4.69, 9.17) is 9.84 Å². The molecule has 2 aliphatic rings. The zero-order valence-corrected chi connectivity index (χ0v) is 14.3. The molecule has 2 fully saturated rings. The third kappa shape index (κ3) is 4.72. The summed E-state index contributed by atoms with van der Waals surface area (Å²) >= 11 is 0. The molecule has 2 atom stereocenters. The fourth-order valence-electron chi connectivity index (χ4n) is 3.80. The predicted molar refractivity (Wildman–Crippen MR) is 93.2 cm³/mol. The highest BCUT2D eigenvalue weighted by atomic mass is 16.5. The minimum Gasteiger partial charge on any atom is -0.481 e. The van der Waals surface area contributed by atoms with Crippen LogP contribution in [0.15, 0.2) is 30.3 Å². The van der Waals surface area contributed by atoms with Crippen LogP contribution in [0.25, 0.3) is 0 Å². The van der Waals surface area contributed by atoms with Crippen molar-refractivity contribution in [3.8, 4) is 0 Å². The van der Waals surface area contributed by atoms with Crippen molar-refractivity contribution >= 4 is 12.0 Å². The average molecular weight is 346 g/mol. The van der Waals surface area contributed by atoms with Gasteiger partial charge in [0, 0.05) is 25.1 Å². The summed E-state index contributed by atoms with van der Waals surface area (Å²) in [5.74, 6) is -0.713. The fraction of sp³-hybridized carbons (Fsp3) is 0.579. The molecule has 6 heteroatoms. The maximum absolute atomic E-state index is 12.1. The summed E-state index contributed by atoms with van der Waals surface area (Å²) in [7, 11) is 0. The van der Waals surface area contributed by atoms with E-state index in [-0.39, 0.29) is 30.0 Å². The van der Waals surface area contributed by atoms with Gasteiger partial charge in [-0.1, -0.05) is 30.3 Å². The van der Waals surface area contributed by atoms with Crippen LogP contribution in [0.5, 0.6) is 0 Å². The lowest BCUT2D eigenvalue weighted by Crippen LogP contribution is -2.45. The highest BCUT2D eigenvalue weighted by Gasteiger charge is 2.30. The second-order valence-electron chi connectivity index (χ2n) is 6.99. The summed E-state index contributed by atoms with van der Waals surface area (Å²) < 4.78 is 5.84. The predicted octanol–water partition coefficient (Wildman–Crippen LogP) is 2.71. The number of hydrogen-bond acceptors (Lipinski definition) is 3. The third-order valence-corrected chi connectivity index (χ3v) is 5.28. The molecular weight excluding hydrogens is 320 g/mol. The Morgan fingerprint density at radius 1 is 1.08 bits per heavy atom. The lowest BCUT2D eigenvalue weighted by molar-refractivity contribution is -0.142. The number of aliphatic carboxylic acids is 1. The molecule has 1 heterocycles. The van der Waals surface area contributed by atoms with Crippen molar-refractivity contribution in [3.63, 3.8) is 0 Å². The van der Waals surface area contributed by atoms with Crippen molar-refractivity contribution in [2.45, 2.75) is 44.2 Å². The molecule has 6 nitrogen and oxygen atoms in total. The molecule has 1 aromatic carbocycles. The molecule has 25 heavy (non-hydrogen) atoms. The first kappa shape index (κ1) is 17.7. The number of hydrogen-bond donors (Lipinski definition) is 3. The van der Waals surface area contributed by atoms with E-state index in [1.165, 1.54) is 0 Å². The van der Waals surface area contributed by atoms with Crippen LogP contribution >= 0.6 is 0 Å². The standard InChI is InChI=1S/C19H26N2O4/c22-18(23)14-6-8-16(9-7-14)21-19(24)20-12-15-10-11-25-17(15)13-4-2-1-3-5-13/h1-5,14-17H,6-12H2,(H,22,23)(H2,20,21,24)/t14?,15-,16?,17-/m0/s1. The Balaban J connectivity index is 1.42. The molecule has 136 valence electrons. The summed E-state index contributed by atoms with van der Waals surface area (Å²) in [5.41, 5.74) is 1.15. The lowest BCUT2D eigenvalue weighted by Gasteiger charge is -2.27. The zero-order chi connectivity index (χ0) is 17.6. The molecule has 1 aromatic rings. The Kier molecular flexibility index (Phi) is 5.91. The van der Waals surface area contributed by atoms with Crippen molar-refractivity contribution in [1.29, 1.82) is 0 Å². The smallest absolute Gasteiger partial charge is 0.315 e. The number of rotatable bonds is 5. The number of amides is 2. The summed E-state index contributed by atoms with van der Waals surface area (Å²) in [6.07, 6.45) is 3.68. The number of urea groups is 1. The molecule has 0 radical (unpaired) electrons. The van der Waals surface area contributed by atoms with E-state index in [2.05, 4.69) is 22.8 Å². The first-order chi connectivity index (χ1) is 12.1. The highest BCUT2D eigenvalue weighted by Crippen LogP contribution is 2.33. The summed E-state index contributed by atoms with van der Waals surface area (Å²) in [5, 5.41) is 15.0. The molecule has 3 rings (SSSR count). The van der Waals surface area contributed by atoms with Gasteiger partial charge in [0.25, 0.3) is 0 Å². The van der Waals surface area contributed by atoms with E-state index in [1.54, 1.807) is 0 Å². The minimum atomic E-state index is -0.726. The molecular formula is C19H26N2O4. The Labute approximate surface area is 147 Å². The first-order valence-corrected chi connectivity index (χ1v) is 9.07. The molecule has 3 N–H and O–H groups in total. The molecule has 1 aliphatic heterocycles. The number of carbonyl (C=O) groups excluding carboxylic acids is 1. The molecule has 0 unspecified atom stereocenters. The Morgan fingerprint density at radius 3 is 2.48 bits per heavy atom. The van der Waals surface area contributed by atoms with Gasteiger partial charge >= 0.3 is 12.0 Å². The number of ether oxygens (including phenoxy) is 1. The molecule has 1 saturated carbocycles. The van der Waals surface area contributed by atoms with Gasteiger partial charge in [0.2, 0.25) is 0 Å². The van der Waals surface area contributed by atoms with Gasteiger partial charge < -0.3 is 20.5 Å². The quantitative estimate of drug-likeness (QED) is 0.765. The van der Waals surface area contributed by atoms with E-state index < -0.39 is 5.97 Å². The summed E-state index contributed by atoms with van der Waals surface area (Å²) in [6, 6.07) is 10.0. The number of benzene rings is 1. The van der Waals surface area contributed by atoms with E-state index in [1.807, 2.05) is 18.2 Å². The Bertz CT molecular complexity index is 584. The average Bonchev–Trinajstić information content (AvgIpc) is 3.10. The van der Waals surface area contributed by atoms with Gasteiger partial charge in [-0.3, -0.25) is 4.79 Å². The van der Waals surface area contributed by atoms with Gasteiger partial charge in [0.15, 0.2) is 0 Å². The monoisotopic (exact) mass is 346 g/mol. The van der Waals surface area contributed by atoms with Gasteiger partial charge in [0.05, 0.1) is 12.0 Å². The van der Waals surface area contributed by atoms with Gasteiger partial charge in [-0.25, -0.2) is 4.79 Å². The Hall–Kier alpha value is -2.08.